The van der Waals surface area contributed by atoms with Crippen LogP contribution < -0.4 is 0 Å². The van der Waals surface area contributed by atoms with Crippen LogP contribution in [-0.4, -0.2) is 40.9 Å². The zero-order chi connectivity index (χ0) is 11.7. The number of hydrogen-bond donors (Lipinski definition) is 4. The summed E-state index contributed by atoms with van der Waals surface area (Å²) in [5.74, 6) is -1.98. The number of hydrogen-bond acceptors (Lipinski definition) is 4. The second-order valence-corrected chi connectivity index (χ2v) is 4.73. The molecule has 9 heteroatoms. The molecule has 0 amide bonds. The van der Waals surface area contributed by atoms with Crippen LogP contribution in [0.4, 0.5) is 0 Å². The van der Waals surface area contributed by atoms with Gasteiger partial charge in [-0.3, -0.25) is 4.57 Å². The first-order valence-corrected chi connectivity index (χ1v) is 5.36. The molecule has 0 bridgehead atoms. The van der Waals surface area contributed by atoms with Crippen molar-refractivity contribution in [2.45, 2.75) is 11.9 Å². The fraction of sp³-hybridized carbons (Fsp3) is 0.333. The Morgan fingerprint density at radius 2 is 2.13 bits per heavy atom. The number of imidazole rings is 1. The number of aliphatic carboxylic acids is 1. The molecule has 15 heavy (non-hydrogen) atoms. The third kappa shape index (κ3) is 2.24. The van der Waals surface area contributed by atoms with E-state index in [0.29, 0.717) is 0 Å². The highest BCUT2D eigenvalue weighted by Gasteiger charge is 2.53. The van der Waals surface area contributed by atoms with Crippen molar-refractivity contribution in [1.29, 1.82) is 0 Å². The summed E-state index contributed by atoms with van der Waals surface area (Å²) >= 11 is 0. The SMILES string of the molecule is O=C(O)C(O)(Cn1ccnc1)P(=O)(O)O. The smallest absolute Gasteiger partial charge is 0.370 e. The second-order valence-electron chi connectivity index (χ2n) is 2.90. The summed E-state index contributed by atoms with van der Waals surface area (Å²) in [4.78, 5) is 31.7. The van der Waals surface area contributed by atoms with Gasteiger partial charge in [-0.15, -0.1) is 0 Å². The Hall–Kier alpha value is -1.21. The van der Waals surface area contributed by atoms with Crippen LogP contribution in [0.3, 0.4) is 0 Å². The second kappa shape index (κ2) is 3.74. The van der Waals surface area contributed by atoms with Gasteiger partial charge in [-0.1, -0.05) is 0 Å². The van der Waals surface area contributed by atoms with E-state index in [-0.39, 0.29) is 0 Å². The first kappa shape index (κ1) is 11.9. The fourth-order valence-electron chi connectivity index (χ4n) is 0.919. The molecule has 1 heterocycles. The Morgan fingerprint density at radius 3 is 2.47 bits per heavy atom. The molecule has 0 fully saturated rings. The molecule has 1 unspecified atom stereocenters. The van der Waals surface area contributed by atoms with Crippen LogP contribution in [0.25, 0.3) is 0 Å². The number of aromatic nitrogens is 2. The van der Waals surface area contributed by atoms with Gasteiger partial charge in [0.1, 0.15) is 0 Å². The third-order valence-corrected chi connectivity index (χ3v) is 3.08. The maximum absolute atomic E-state index is 10.9. The lowest BCUT2D eigenvalue weighted by Gasteiger charge is -2.24. The van der Waals surface area contributed by atoms with E-state index in [1.165, 1.54) is 12.4 Å². The largest absolute Gasteiger partial charge is 0.479 e. The average molecular weight is 236 g/mol. The van der Waals surface area contributed by atoms with Gasteiger partial charge in [0.2, 0.25) is 0 Å². The number of carbonyl (C=O) groups is 1. The Labute approximate surface area is 84.0 Å². The van der Waals surface area contributed by atoms with E-state index in [4.69, 9.17) is 14.9 Å². The quantitative estimate of drug-likeness (QED) is 0.484. The highest BCUT2D eigenvalue weighted by Crippen LogP contribution is 2.49. The molecule has 0 aliphatic rings. The molecule has 1 aromatic rings. The van der Waals surface area contributed by atoms with Crippen molar-refractivity contribution in [2.75, 3.05) is 0 Å². The number of aliphatic hydroxyl groups is 1. The number of nitrogens with zero attached hydrogens (tertiary/aromatic N) is 2. The molecule has 0 aliphatic heterocycles. The predicted molar refractivity (Wildman–Crippen MR) is 46.9 cm³/mol. The van der Waals surface area contributed by atoms with Crippen LogP contribution >= 0.6 is 7.60 Å². The number of carboxylic acid groups (broad SMARTS) is 1. The van der Waals surface area contributed by atoms with Gasteiger partial charge in [0.25, 0.3) is 5.34 Å². The zero-order valence-corrected chi connectivity index (χ0v) is 8.28. The van der Waals surface area contributed by atoms with Crippen molar-refractivity contribution < 1.29 is 29.4 Å². The standard InChI is InChI=1S/C6H9N2O6P/c9-5(10)6(11,15(12,13)14)3-8-2-1-7-4-8/h1-2,4,11H,3H2,(H,9,10)(H2,12,13,14). The summed E-state index contributed by atoms with van der Waals surface area (Å²) in [7, 11) is -5.18. The van der Waals surface area contributed by atoms with Crippen molar-refractivity contribution in [3.63, 3.8) is 0 Å². The predicted octanol–water partition coefficient (Wildman–Crippen LogP) is -1.17. The highest BCUT2D eigenvalue weighted by molar-refractivity contribution is 7.54. The molecule has 0 radical (unpaired) electrons. The molecule has 1 rings (SSSR count). The van der Waals surface area contributed by atoms with Crippen LogP contribution in [-0.2, 0) is 15.9 Å². The summed E-state index contributed by atoms with van der Waals surface area (Å²) in [5.41, 5.74) is 0. The molecule has 0 aliphatic carbocycles. The van der Waals surface area contributed by atoms with Gasteiger partial charge in [0, 0.05) is 12.4 Å². The van der Waals surface area contributed by atoms with Crippen LogP contribution in [0.2, 0.25) is 0 Å². The topological polar surface area (TPSA) is 133 Å². The lowest BCUT2D eigenvalue weighted by atomic mass is 10.3. The molecule has 1 aromatic heterocycles. The lowest BCUT2D eigenvalue weighted by molar-refractivity contribution is -0.152. The van der Waals surface area contributed by atoms with Crippen molar-refractivity contribution in [3.8, 4) is 0 Å². The first-order chi connectivity index (χ1) is 6.77. The molecule has 8 nitrogen and oxygen atoms in total. The maximum Gasteiger partial charge on any atom is 0.370 e. The molecule has 1 atom stereocenters. The van der Waals surface area contributed by atoms with E-state index >= 15 is 0 Å². The summed E-state index contributed by atoms with van der Waals surface area (Å²) in [6, 6.07) is 0. The molecule has 0 aromatic carbocycles. The normalized spacial score (nSPS) is 15.9. The van der Waals surface area contributed by atoms with Crippen LogP contribution in [0, 0.1) is 0 Å². The number of carboxylic acids is 1. The molecule has 84 valence electrons. The van der Waals surface area contributed by atoms with E-state index in [1.807, 2.05) is 0 Å². The fourth-order valence-corrected chi connectivity index (χ4v) is 1.52. The van der Waals surface area contributed by atoms with Crippen molar-refractivity contribution >= 4 is 13.6 Å². The summed E-state index contributed by atoms with van der Waals surface area (Å²) < 4.78 is 11.9. The third-order valence-electron chi connectivity index (χ3n) is 1.79. The minimum absolute atomic E-state index is 0.771. The van der Waals surface area contributed by atoms with E-state index in [0.717, 1.165) is 10.9 Å². The maximum atomic E-state index is 10.9. The van der Waals surface area contributed by atoms with Crippen LogP contribution in [0.5, 0.6) is 0 Å². The van der Waals surface area contributed by atoms with Crippen molar-refractivity contribution in [3.05, 3.63) is 18.7 Å². The van der Waals surface area contributed by atoms with Gasteiger partial charge in [-0.05, 0) is 0 Å². The van der Waals surface area contributed by atoms with Gasteiger partial charge in [0.05, 0.1) is 12.9 Å². The van der Waals surface area contributed by atoms with E-state index in [2.05, 4.69) is 4.98 Å². The van der Waals surface area contributed by atoms with Gasteiger partial charge >= 0.3 is 13.6 Å². The molecule has 0 spiro atoms. The van der Waals surface area contributed by atoms with Gasteiger partial charge in [0.15, 0.2) is 0 Å². The Kier molecular flexibility index (Phi) is 2.96. The van der Waals surface area contributed by atoms with Crippen molar-refractivity contribution in [2.24, 2.45) is 0 Å². The van der Waals surface area contributed by atoms with E-state index in [9.17, 15) is 14.5 Å². The molecule has 0 saturated heterocycles. The molecular formula is C6H9N2O6P. The minimum atomic E-state index is -5.18. The monoisotopic (exact) mass is 236 g/mol. The summed E-state index contributed by atoms with van der Waals surface area (Å²) in [6.07, 6.45) is 3.72. The Morgan fingerprint density at radius 1 is 1.53 bits per heavy atom. The Bertz CT molecular complexity index is 398. The number of rotatable bonds is 4. The lowest BCUT2D eigenvalue weighted by Crippen LogP contribution is -2.42. The Balaban J connectivity index is 3.04. The van der Waals surface area contributed by atoms with Gasteiger partial charge in [-0.2, -0.15) is 0 Å². The van der Waals surface area contributed by atoms with Gasteiger partial charge in [-0.25, -0.2) is 9.78 Å². The van der Waals surface area contributed by atoms with Crippen molar-refractivity contribution in [1.82, 2.24) is 9.55 Å². The summed E-state index contributed by atoms with van der Waals surface area (Å²) in [6.45, 7) is -0.771. The zero-order valence-electron chi connectivity index (χ0n) is 7.39. The van der Waals surface area contributed by atoms with E-state index in [1.54, 1.807) is 0 Å². The van der Waals surface area contributed by atoms with E-state index < -0.39 is 25.5 Å². The molecular weight excluding hydrogens is 227 g/mol. The molecule has 0 saturated carbocycles. The highest BCUT2D eigenvalue weighted by atomic mass is 31.2. The minimum Gasteiger partial charge on any atom is -0.479 e. The van der Waals surface area contributed by atoms with Gasteiger partial charge < -0.3 is 24.6 Å². The average Bonchev–Trinajstić information content (AvgIpc) is 2.54. The summed E-state index contributed by atoms with van der Waals surface area (Å²) in [5, 5.41) is 14.8. The van der Waals surface area contributed by atoms with Crippen LogP contribution in [0.15, 0.2) is 18.7 Å². The first-order valence-electron chi connectivity index (χ1n) is 3.74. The van der Waals surface area contributed by atoms with Crippen LogP contribution in [0.1, 0.15) is 0 Å². The molecule has 4 N–H and O–H groups in total.